The summed E-state index contributed by atoms with van der Waals surface area (Å²) < 4.78 is 15.9. The minimum absolute atomic E-state index is 0.251. The molecule has 0 atom stereocenters. The molecule has 0 spiro atoms. The first-order valence-electron chi connectivity index (χ1n) is 6.24. The van der Waals surface area contributed by atoms with Gasteiger partial charge in [-0.1, -0.05) is 12.1 Å². The maximum absolute atomic E-state index is 13.1. The second kappa shape index (κ2) is 5.61. The van der Waals surface area contributed by atoms with Crippen molar-refractivity contribution in [2.45, 2.75) is 0 Å². The van der Waals surface area contributed by atoms with Crippen LogP contribution < -0.4 is 0 Å². The van der Waals surface area contributed by atoms with Crippen LogP contribution in [0.25, 0.3) is 11.7 Å². The van der Waals surface area contributed by atoms with Crippen LogP contribution in [0.4, 0.5) is 4.39 Å². The van der Waals surface area contributed by atoms with Gasteiger partial charge in [0.25, 0.3) is 0 Å². The molecule has 104 valence electrons. The lowest BCUT2D eigenvalue weighted by molar-refractivity contribution is 0.104. The van der Waals surface area contributed by atoms with Gasteiger partial charge in [-0.05, 0) is 52.3 Å². The summed E-state index contributed by atoms with van der Waals surface area (Å²) in [6, 6.07) is 9.40. The molecule has 2 heterocycles. The molecule has 3 rings (SSSR count). The van der Waals surface area contributed by atoms with Gasteiger partial charge in [0.1, 0.15) is 11.5 Å². The topological polar surface area (TPSA) is 34.4 Å². The van der Waals surface area contributed by atoms with Crippen LogP contribution in [0, 0.1) is 5.82 Å². The number of pyridine rings is 1. The van der Waals surface area contributed by atoms with Crippen molar-refractivity contribution >= 4 is 33.4 Å². The molecule has 0 aliphatic carbocycles. The van der Waals surface area contributed by atoms with Crippen molar-refractivity contribution in [1.29, 1.82) is 0 Å². The Morgan fingerprint density at radius 2 is 2.14 bits per heavy atom. The third-order valence-electron chi connectivity index (χ3n) is 3.01. The second-order valence-corrected chi connectivity index (χ2v) is 5.38. The lowest BCUT2D eigenvalue weighted by Gasteiger charge is -1.98. The summed E-state index contributed by atoms with van der Waals surface area (Å²) in [5.41, 5.74) is 1.88. The van der Waals surface area contributed by atoms with E-state index < -0.39 is 5.82 Å². The van der Waals surface area contributed by atoms with E-state index in [1.165, 1.54) is 24.3 Å². The van der Waals surface area contributed by atoms with Gasteiger partial charge in [0.05, 0.1) is 11.9 Å². The Labute approximate surface area is 128 Å². The highest BCUT2D eigenvalue weighted by molar-refractivity contribution is 9.10. The van der Waals surface area contributed by atoms with E-state index in [-0.39, 0.29) is 5.78 Å². The summed E-state index contributed by atoms with van der Waals surface area (Å²) in [4.78, 5) is 16.2. The number of imidazole rings is 1. The van der Waals surface area contributed by atoms with Gasteiger partial charge in [0, 0.05) is 16.2 Å². The molecule has 0 radical (unpaired) electrons. The summed E-state index contributed by atoms with van der Waals surface area (Å²) in [6.07, 6.45) is 6.63. The van der Waals surface area contributed by atoms with E-state index in [1.807, 2.05) is 22.7 Å². The van der Waals surface area contributed by atoms with Crippen LogP contribution in [-0.4, -0.2) is 15.2 Å². The van der Waals surface area contributed by atoms with Crippen LogP contribution in [0.15, 0.2) is 59.3 Å². The molecular formula is C16H10BrFN2O. The first kappa shape index (κ1) is 13.7. The van der Waals surface area contributed by atoms with E-state index in [4.69, 9.17) is 0 Å². The van der Waals surface area contributed by atoms with E-state index in [2.05, 4.69) is 20.9 Å². The Morgan fingerprint density at radius 3 is 2.95 bits per heavy atom. The van der Waals surface area contributed by atoms with Gasteiger partial charge < -0.3 is 0 Å². The summed E-state index contributed by atoms with van der Waals surface area (Å²) in [5, 5.41) is 0. The van der Waals surface area contributed by atoms with Crippen molar-refractivity contribution in [3.8, 4) is 0 Å². The number of carbonyl (C=O) groups excluding carboxylic acids is 1. The fraction of sp³-hybridized carbons (Fsp3) is 0. The lowest BCUT2D eigenvalue weighted by atomic mass is 10.1. The van der Waals surface area contributed by atoms with E-state index in [0.717, 1.165) is 15.8 Å². The summed E-state index contributed by atoms with van der Waals surface area (Å²) in [5.74, 6) is -0.674. The predicted molar refractivity (Wildman–Crippen MR) is 82.7 cm³/mol. The average molecular weight is 345 g/mol. The number of fused-ring (bicyclic) bond motifs is 1. The number of aromatic nitrogens is 2. The molecule has 5 heteroatoms. The molecule has 3 aromatic rings. The Kier molecular flexibility index (Phi) is 3.66. The number of allylic oxidation sites excluding steroid dienone is 1. The molecule has 0 fully saturated rings. The van der Waals surface area contributed by atoms with Gasteiger partial charge in [-0.25, -0.2) is 9.37 Å². The van der Waals surface area contributed by atoms with Gasteiger partial charge in [0.2, 0.25) is 0 Å². The zero-order chi connectivity index (χ0) is 14.8. The summed E-state index contributed by atoms with van der Waals surface area (Å²) in [7, 11) is 0. The first-order valence-corrected chi connectivity index (χ1v) is 7.03. The summed E-state index contributed by atoms with van der Waals surface area (Å²) in [6.45, 7) is 0. The zero-order valence-corrected chi connectivity index (χ0v) is 12.4. The van der Waals surface area contributed by atoms with Crippen molar-refractivity contribution in [2.24, 2.45) is 0 Å². The van der Waals surface area contributed by atoms with Gasteiger partial charge in [-0.3, -0.25) is 9.20 Å². The van der Waals surface area contributed by atoms with E-state index in [9.17, 15) is 9.18 Å². The third-order valence-corrected chi connectivity index (χ3v) is 3.48. The predicted octanol–water partition coefficient (Wildman–Crippen LogP) is 4.13. The Hall–Kier alpha value is -2.27. The number of carbonyl (C=O) groups is 1. The van der Waals surface area contributed by atoms with Crippen molar-refractivity contribution in [1.82, 2.24) is 9.38 Å². The first-order chi connectivity index (χ1) is 10.1. The maximum Gasteiger partial charge on any atom is 0.186 e. The van der Waals surface area contributed by atoms with Crippen molar-refractivity contribution in [2.75, 3.05) is 0 Å². The lowest BCUT2D eigenvalue weighted by Crippen LogP contribution is -1.95. The molecule has 0 amide bonds. The summed E-state index contributed by atoms with van der Waals surface area (Å²) >= 11 is 3.39. The Bertz CT molecular complexity index is 854. The molecule has 0 aliphatic rings. The van der Waals surface area contributed by atoms with Crippen LogP contribution in [0.2, 0.25) is 0 Å². The standard InChI is InChI=1S/C16H10BrFN2O/c17-12-4-7-16-19-9-14(20(16)10-12)5-6-15(21)11-2-1-3-13(18)8-11/h1-10H. The Balaban J connectivity index is 1.91. The minimum atomic E-state index is -0.423. The van der Waals surface area contributed by atoms with Crippen molar-refractivity contribution in [3.05, 3.63) is 76.4 Å². The highest BCUT2D eigenvalue weighted by Crippen LogP contribution is 2.15. The van der Waals surface area contributed by atoms with E-state index in [0.29, 0.717) is 5.56 Å². The number of hydrogen-bond acceptors (Lipinski definition) is 2. The number of nitrogens with zero attached hydrogens (tertiary/aromatic N) is 2. The number of benzene rings is 1. The molecule has 0 bridgehead atoms. The van der Waals surface area contributed by atoms with Crippen LogP contribution in [-0.2, 0) is 0 Å². The molecule has 0 unspecified atom stereocenters. The molecule has 1 aromatic carbocycles. The monoisotopic (exact) mass is 344 g/mol. The smallest absolute Gasteiger partial charge is 0.186 e. The number of hydrogen-bond donors (Lipinski definition) is 0. The minimum Gasteiger partial charge on any atom is -0.299 e. The van der Waals surface area contributed by atoms with Gasteiger partial charge in [0.15, 0.2) is 5.78 Å². The molecule has 3 nitrogen and oxygen atoms in total. The molecule has 0 aliphatic heterocycles. The fourth-order valence-electron chi connectivity index (χ4n) is 2.00. The maximum atomic E-state index is 13.1. The molecule has 0 saturated heterocycles. The molecular weight excluding hydrogens is 335 g/mol. The Morgan fingerprint density at radius 1 is 1.29 bits per heavy atom. The van der Waals surface area contributed by atoms with E-state index >= 15 is 0 Å². The van der Waals surface area contributed by atoms with Crippen molar-refractivity contribution < 1.29 is 9.18 Å². The van der Waals surface area contributed by atoms with Crippen LogP contribution in [0.1, 0.15) is 16.1 Å². The largest absolute Gasteiger partial charge is 0.299 e. The number of halogens is 2. The number of ketones is 1. The SMILES string of the molecule is O=C(C=Cc1cnc2ccc(Br)cn12)c1cccc(F)c1. The van der Waals surface area contributed by atoms with Crippen LogP contribution >= 0.6 is 15.9 Å². The van der Waals surface area contributed by atoms with Crippen LogP contribution in [0.3, 0.4) is 0 Å². The quantitative estimate of drug-likeness (QED) is 0.528. The molecule has 21 heavy (non-hydrogen) atoms. The zero-order valence-electron chi connectivity index (χ0n) is 10.8. The third kappa shape index (κ3) is 2.92. The van der Waals surface area contributed by atoms with Gasteiger partial charge in [-0.2, -0.15) is 0 Å². The van der Waals surface area contributed by atoms with Crippen LogP contribution in [0.5, 0.6) is 0 Å². The average Bonchev–Trinajstić information content (AvgIpc) is 2.87. The highest BCUT2D eigenvalue weighted by Gasteiger charge is 2.04. The van der Waals surface area contributed by atoms with Crippen molar-refractivity contribution in [3.63, 3.8) is 0 Å². The fourth-order valence-corrected chi connectivity index (χ4v) is 2.33. The molecule has 2 aromatic heterocycles. The second-order valence-electron chi connectivity index (χ2n) is 4.47. The van der Waals surface area contributed by atoms with Gasteiger partial charge >= 0.3 is 0 Å². The van der Waals surface area contributed by atoms with E-state index in [1.54, 1.807) is 18.3 Å². The highest BCUT2D eigenvalue weighted by atomic mass is 79.9. The number of rotatable bonds is 3. The molecule has 0 saturated carbocycles. The normalized spacial score (nSPS) is 11.3. The van der Waals surface area contributed by atoms with Gasteiger partial charge in [-0.15, -0.1) is 0 Å². The molecule has 0 N–H and O–H groups in total.